The summed E-state index contributed by atoms with van der Waals surface area (Å²) in [7, 11) is 0. The second kappa shape index (κ2) is 9.00. The molecular formula is C25H35N3O. The van der Waals surface area contributed by atoms with Crippen molar-refractivity contribution in [1.29, 1.82) is 0 Å². The molecule has 0 saturated carbocycles. The van der Waals surface area contributed by atoms with Gasteiger partial charge in [-0.3, -0.25) is 4.79 Å². The molecule has 0 bridgehead atoms. The number of nitrogen functional groups attached to an aromatic ring is 1. The monoisotopic (exact) mass is 393 g/mol. The number of hydrogen-bond donors (Lipinski definition) is 2. The van der Waals surface area contributed by atoms with E-state index in [9.17, 15) is 4.79 Å². The van der Waals surface area contributed by atoms with Crippen molar-refractivity contribution < 1.29 is 4.79 Å². The fraction of sp³-hybridized carbons (Fsp3) is 0.480. The fourth-order valence-corrected chi connectivity index (χ4v) is 4.13. The Morgan fingerprint density at radius 1 is 1.14 bits per heavy atom. The lowest BCUT2D eigenvalue weighted by Gasteiger charge is -2.31. The average Bonchev–Trinajstić information content (AvgIpc) is 2.88. The zero-order valence-corrected chi connectivity index (χ0v) is 18.3. The summed E-state index contributed by atoms with van der Waals surface area (Å²) < 4.78 is 0. The van der Waals surface area contributed by atoms with Gasteiger partial charge >= 0.3 is 0 Å². The van der Waals surface area contributed by atoms with Crippen LogP contribution in [0, 0.1) is 12.3 Å². The highest BCUT2D eigenvalue weighted by molar-refractivity contribution is 6.04. The second-order valence-electron chi connectivity index (χ2n) is 9.64. The molecule has 0 radical (unpaired) electrons. The van der Waals surface area contributed by atoms with E-state index in [2.05, 4.69) is 43.1 Å². The first-order valence-electron chi connectivity index (χ1n) is 10.7. The number of nitrogens with one attached hydrogen (secondary N) is 1. The van der Waals surface area contributed by atoms with Crippen molar-refractivity contribution in [3.63, 3.8) is 0 Å². The van der Waals surface area contributed by atoms with Gasteiger partial charge in [0, 0.05) is 30.0 Å². The number of aryl methyl sites for hydroxylation is 1. The number of benzene rings is 2. The molecule has 2 aromatic carbocycles. The van der Waals surface area contributed by atoms with Crippen molar-refractivity contribution in [1.82, 2.24) is 4.90 Å². The number of rotatable bonds is 4. The lowest BCUT2D eigenvalue weighted by molar-refractivity contribution is 0.102. The molecule has 0 spiro atoms. The van der Waals surface area contributed by atoms with Gasteiger partial charge in [0.2, 0.25) is 0 Å². The standard InChI is InChI=1S/C25H35N3O/c1-18-8-9-20(15-23(18)26)24(29)27-22-12-10-19(11-13-22)21-7-5-6-14-28(16-21)17-25(2,3)4/h8-13,15,21H,5-7,14,16-17,26H2,1-4H3,(H,27,29). The van der Waals surface area contributed by atoms with Gasteiger partial charge in [0.25, 0.3) is 5.91 Å². The van der Waals surface area contributed by atoms with Crippen molar-refractivity contribution in [2.45, 2.75) is 52.9 Å². The molecule has 4 heteroatoms. The molecule has 156 valence electrons. The number of amides is 1. The first kappa shape index (κ1) is 21.4. The fourth-order valence-electron chi connectivity index (χ4n) is 4.13. The zero-order chi connectivity index (χ0) is 21.0. The minimum absolute atomic E-state index is 0.129. The van der Waals surface area contributed by atoms with Gasteiger partial charge in [-0.1, -0.05) is 45.4 Å². The van der Waals surface area contributed by atoms with E-state index in [1.165, 1.54) is 31.4 Å². The largest absolute Gasteiger partial charge is 0.398 e. The molecule has 1 saturated heterocycles. The summed E-state index contributed by atoms with van der Waals surface area (Å²) in [6.07, 6.45) is 3.79. The molecule has 1 atom stereocenters. The summed E-state index contributed by atoms with van der Waals surface area (Å²) in [5.74, 6) is 0.428. The quantitative estimate of drug-likeness (QED) is 0.680. The predicted octanol–water partition coefficient (Wildman–Crippen LogP) is 5.45. The minimum atomic E-state index is -0.129. The van der Waals surface area contributed by atoms with Gasteiger partial charge in [-0.15, -0.1) is 0 Å². The van der Waals surface area contributed by atoms with Crippen molar-refractivity contribution in [2.24, 2.45) is 5.41 Å². The van der Waals surface area contributed by atoms with E-state index in [0.29, 0.717) is 22.6 Å². The van der Waals surface area contributed by atoms with E-state index in [1.54, 1.807) is 6.07 Å². The van der Waals surface area contributed by atoms with Gasteiger partial charge in [0.15, 0.2) is 0 Å². The van der Waals surface area contributed by atoms with Crippen molar-refractivity contribution in [3.05, 3.63) is 59.2 Å². The van der Waals surface area contributed by atoms with Crippen LogP contribution in [0.15, 0.2) is 42.5 Å². The van der Waals surface area contributed by atoms with Crippen LogP contribution in [0.5, 0.6) is 0 Å². The molecule has 1 unspecified atom stereocenters. The maximum atomic E-state index is 12.5. The summed E-state index contributed by atoms with van der Waals surface area (Å²) in [4.78, 5) is 15.1. The van der Waals surface area contributed by atoms with Crippen LogP contribution in [0.1, 0.15) is 67.4 Å². The van der Waals surface area contributed by atoms with E-state index in [4.69, 9.17) is 5.73 Å². The molecule has 1 heterocycles. The highest BCUT2D eigenvalue weighted by atomic mass is 16.1. The highest BCUT2D eigenvalue weighted by Gasteiger charge is 2.23. The van der Waals surface area contributed by atoms with Gasteiger partial charge in [-0.2, -0.15) is 0 Å². The molecule has 1 amide bonds. The van der Waals surface area contributed by atoms with E-state index >= 15 is 0 Å². The minimum Gasteiger partial charge on any atom is -0.398 e. The molecule has 1 aliphatic rings. The zero-order valence-electron chi connectivity index (χ0n) is 18.3. The third kappa shape index (κ3) is 6.07. The third-order valence-electron chi connectivity index (χ3n) is 5.63. The molecule has 2 aromatic rings. The van der Waals surface area contributed by atoms with E-state index in [1.807, 2.05) is 31.2 Å². The van der Waals surface area contributed by atoms with Crippen LogP contribution < -0.4 is 11.1 Å². The lowest BCUT2D eigenvalue weighted by Crippen LogP contribution is -2.35. The van der Waals surface area contributed by atoms with Gasteiger partial charge < -0.3 is 16.0 Å². The number of carbonyl (C=O) groups is 1. The Hall–Kier alpha value is -2.33. The lowest BCUT2D eigenvalue weighted by atomic mass is 9.92. The molecule has 4 nitrogen and oxygen atoms in total. The van der Waals surface area contributed by atoms with Crippen molar-refractivity contribution in [2.75, 3.05) is 30.7 Å². The van der Waals surface area contributed by atoms with Crippen molar-refractivity contribution in [3.8, 4) is 0 Å². The van der Waals surface area contributed by atoms with Crippen LogP contribution >= 0.6 is 0 Å². The van der Waals surface area contributed by atoms with Crippen molar-refractivity contribution >= 4 is 17.3 Å². The number of nitrogens with zero attached hydrogens (tertiary/aromatic N) is 1. The molecule has 3 N–H and O–H groups in total. The number of nitrogens with two attached hydrogens (primary N) is 1. The van der Waals surface area contributed by atoms with Crippen LogP contribution in [0.2, 0.25) is 0 Å². The van der Waals surface area contributed by atoms with Crippen LogP contribution in [-0.2, 0) is 0 Å². The highest BCUT2D eigenvalue weighted by Crippen LogP contribution is 2.29. The van der Waals surface area contributed by atoms with Gasteiger partial charge in [0.1, 0.15) is 0 Å². The summed E-state index contributed by atoms with van der Waals surface area (Å²) in [6, 6.07) is 13.8. The van der Waals surface area contributed by atoms with Crippen LogP contribution in [-0.4, -0.2) is 30.4 Å². The van der Waals surface area contributed by atoms with Crippen LogP contribution in [0.3, 0.4) is 0 Å². The Kier molecular flexibility index (Phi) is 6.63. The second-order valence-corrected chi connectivity index (χ2v) is 9.64. The van der Waals surface area contributed by atoms with Gasteiger partial charge in [-0.25, -0.2) is 0 Å². The Morgan fingerprint density at radius 2 is 1.86 bits per heavy atom. The first-order valence-corrected chi connectivity index (χ1v) is 10.7. The maximum Gasteiger partial charge on any atom is 0.255 e. The first-order chi connectivity index (χ1) is 13.7. The summed E-state index contributed by atoms with van der Waals surface area (Å²) in [6.45, 7) is 12.3. The summed E-state index contributed by atoms with van der Waals surface area (Å²) >= 11 is 0. The molecule has 3 rings (SSSR count). The maximum absolute atomic E-state index is 12.5. The van der Waals surface area contributed by atoms with Crippen LogP contribution in [0.4, 0.5) is 11.4 Å². The number of likely N-dealkylation sites (tertiary alicyclic amines) is 1. The molecule has 0 aromatic heterocycles. The normalized spacial score (nSPS) is 18.3. The van der Waals surface area contributed by atoms with Gasteiger partial charge in [0.05, 0.1) is 0 Å². The Bertz CT molecular complexity index is 836. The molecule has 29 heavy (non-hydrogen) atoms. The predicted molar refractivity (Wildman–Crippen MR) is 122 cm³/mol. The van der Waals surface area contributed by atoms with E-state index < -0.39 is 0 Å². The third-order valence-corrected chi connectivity index (χ3v) is 5.63. The van der Waals surface area contributed by atoms with Gasteiger partial charge in [-0.05, 0) is 73.0 Å². The summed E-state index contributed by atoms with van der Waals surface area (Å²) in [5, 5.41) is 2.98. The van der Waals surface area contributed by atoms with E-state index in [0.717, 1.165) is 24.3 Å². The number of hydrogen-bond acceptors (Lipinski definition) is 3. The smallest absolute Gasteiger partial charge is 0.255 e. The SMILES string of the molecule is Cc1ccc(C(=O)Nc2ccc(C3CCCCN(CC(C)(C)C)C3)cc2)cc1N. The Labute approximate surface area is 175 Å². The molecule has 1 fully saturated rings. The average molecular weight is 394 g/mol. The molecule has 0 aliphatic carbocycles. The van der Waals surface area contributed by atoms with E-state index in [-0.39, 0.29) is 5.91 Å². The number of carbonyl (C=O) groups excluding carboxylic acids is 1. The molecule has 1 aliphatic heterocycles. The Morgan fingerprint density at radius 3 is 2.52 bits per heavy atom. The molecular weight excluding hydrogens is 358 g/mol. The Balaban J connectivity index is 1.65. The topological polar surface area (TPSA) is 58.4 Å². The summed E-state index contributed by atoms with van der Waals surface area (Å²) in [5.41, 5.74) is 10.6. The number of anilines is 2. The van der Waals surface area contributed by atoms with Crippen LogP contribution in [0.25, 0.3) is 0 Å².